The predicted molar refractivity (Wildman–Crippen MR) is 225 cm³/mol. The van der Waals surface area contributed by atoms with Crippen molar-refractivity contribution < 1.29 is 14.7 Å². The Labute approximate surface area is 324 Å². The van der Waals surface area contributed by atoms with E-state index in [-0.39, 0.29) is 0 Å². The third-order valence-corrected chi connectivity index (χ3v) is 11.5. The van der Waals surface area contributed by atoms with E-state index >= 15 is 0 Å². The smallest absolute Gasteiger partial charge is 0.407 e. The summed E-state index contributed by atoms with van der Waals surface area (Å²) in [6, 6.07) is 0. The van der Waals surface area contributed by atoms with Gasteiger partial charge in [-0.05, 0) is 32.4 Å². The van der Waals surface area contributed by atoms with Crippen molar-refractivity contribution in [3.63, 3.8) is 0 Å². The summed E-state index contributed by atoms with van der Waals surface area (Å²) >= 11 is 0. The first kappa shape index (κ1) is 48.7. The molecule has 1 fully saturated rings. The van der Waals surface area contributed by atoms with Crippen LogP contribution < -0.4 is 0 Å². The van der Waals surface area contributed by atoms with E-state index in [1.807, 2.05) is 0 Å². The van der Waals surface area contributed by atoms with E-state index in [1.165, 1.54) is 191 Å². The molecule has 2 amide bonds. The highest BCUT2D eigenvalue weighted by atomic mass is 16.4. The van der Waals surface area contributed by atoms with Crippen LogP contribution in [0.1, 0.15) is 213 Å². The minimum atomic E-state index is -0.817. The number of unbranched alkanes of at least 4 members (excludes halogenated alkanes) is 27. The Kier molecular flexibility index (Phi) is 34.3. The van der Waals surface area contributed by atoms with Crippen LogP contribution in [0.25, 0.3) is 0 Å². The van der Waals surface area contributed by atoms with Gasteiger partial charge in [-0.1, -0.05) is 194 Å². The van der Waals surface area contributed by atoms with Crippen LogP contribution in [0, 0.1) is 0 Å². The molecule has 0 atom stereocenters. The van der Waals surface area contributed by atoms with E-state index in [2.05, 4.69) is 35.5 Å². The lowest BCUT2D eigenvalue weighted by Crippen LogP contribution is -2.51. The fourth-order valence-electron chi connectivity index (χ4n) is 7.78. The molecule has 0 spiro atoms. The van der Waals surface area contributed by atoms with Crippen molar-refractivity contribution in [2.75, 3.05) is 65.4 Å². The fourth-order valence-corrected chi connectivity index (χ4v) is 7.78. The Morgan fingerprint density at radius 2 is 0.769 bits per heavy atom. The number of carbonyl (C=O) groups is 2. The van der Waals surface area contributed by atoms with Gasteiger partial charge in [-0.15, -0.1) is 0 Å². The van der Waals surface area contributed by atoms with Crippen molar-refractivity contribution in [2.45, 2.75) is 213 Å². The van der Waals surface area contributed by atoms with Gasteiger partial charge in [0.05, 0.1) is 6.54 Å². The van der Waals surface area contributed by atoms with Crippen LogP contribution >= 0.6 is 0 Å². The molecule has 1 aliphatic rings. The molecule has 0 aromatic rings. The number of hydrogen-bond acceptors (Lipinski definition) is 4. The summed E-state index contributed by atoms with van der Waals surface area (Å²) < 4.78 is 0. The fraction of sp³-hybridized carbons (Fsp3) is 0.956. The zero-order chi connectivity index (χ0) is 37.7. The van der Waals surface area contributed by atoms with Crippen LogP contribution in [0.4, 0.5) is 4.79 Å². The largest absolute Gasteiger partial charge is 0.465 e. The zero-order valence-electron chi connectivity index (χ0n) is 35.3. The first-order chi connectivity index (χ1) is 25.5. The van der Waals surface area contributed by atoms with Crippen molar-refractivity contribution in [1.82, 2.24) is 19.6 Å². The number of piperazine rings is 1. The molecule has 0 aromatic carbocycles. The Balaban J connectivity index is 2.62. The second-order valence-electron chi connectivity index (χ2n) is 16.3. The maximum Gasteiger partial charge on any atom is 0.407 e. The topological polar surface area (TPSA) is 67.3 Å². The first-order valence-corrected chi connectivity index (χ1v) is 23.2. The molecule has 7 heteroatoms. The number of nitrogens with zero attached hydrogens (tertiary/aromatic N) is 4. The Morgan fingerprint density at radius 1 is 0.442 bits per heavy atom. The van der Waals surface area contributed by atoms with E-state index < -0.39 is 6.09 Å². The van der Waals surface area contributed by atoms with E-state index in [4.69, 9.17) is 0 Å². The number of carbonyl (C=O) groups excluding carboxylic acids is 1. The molecule has 0 radical (unpaired) electrons. The van der Waals surface area contributed by atoms with E-state index in [0.29, 0.717) is 25.5 Å². The Morgan fingerprint density at radius 3 is 1.12 bits per heavy atom. The van der Waals surface area contributed by atoms with E-state index in [0.717, 1.165) is 52.2 Å². The SMILES string of the molecule is CCCCCCCCCCCCN(CCCCCCCCCCCC)CC(=O)N(CCCCCCCCCCCC)CCN1CCN(C(=O)O)CC1. The highest BCUT2D eigenvalue weighted by Gasteiger charge is 2.22. The second-order valence-corrected chi connectivity index (χ2v) is 16.3. The van der Waals surface area contributed by atoms with Gasteiger partial charge < -0.3 is 14.9 Å². The third-order valence-electron chi connectivity index (χ3n) is 11.5. The van der Waals surface area contributed by atoms with Crippen molar-refractivity contribution in [3.8, 4) is 0 Å². The van der Waals surface area contributed by atoms with Gasteiger partial charge in [-0.2, -0.15) is 0 Å². The molecule has 1 aliphatic heterocycles. The molecule has 1 N–H and O–H groups in total. The highest BCUT2D eigenvalue weighted by Crippen LogP contribution is 2.15. The van der Waals surface area contributed by atoms with Crippen molar-refractivity contribution in [2.24, 2.45) is 0 Å². The lowest BCUT2D eigenvalue weighted by Gasteiger charge is -2.35. The van der Waals surface area contributed by atoms with Crippen molar-refractivity contribution >= 4 is 12.0 Å². The van der Waals surface area contributed by atoms with Crippen LogP contribution in [0.2, 0.25) is 0 Å². The zero-order valence-corrected chi connectivity index (χ0v) is 35.3. The van der Waals surface area contributed by atoms with E-state index in [9.17, 15) is 14.7 Å². The molecule has 0 aliphatic carbocycles. The minimum Gasteiger partial charge on any atom is -0.465 e. The summed E-state index contributed by atoms with van der Waals surface area (Å²) in [5, 5.41) is 9.38. The summed E-state index contributed by atoms with van der Waals surface area (Å²) in [6.07, 6.45) is 39.1. The number of hydrogen-bond donors (Lipinski definition) is 1. The average molecular weight is 735 g/mol. The monoisotopic (exact) mass is 735 g/mol. The minimum absolute atomic E-state index is 0.305. The molecule has 0 bridgehead atoms. The maximum atomic E-state index is 14.0. The van der Waals surface area contributed by atoms with Gasteiger partial charge in [-0.3, -0.25) is 14.6 Å². The Bertz CT molecular complexity index is 765. The van der Waals surface area contributed by atoms with Crippen molar-refractivity contribution in [1.29, 1.82) is 0 Å². The van der Waals surface area contributed by atoms with Crippen molar-refractivity contribution in [3.05, 3.63) is 0 Å². The van der Waals surface area contributed by atoms with Gasteiger partial charge >= 0.3 is 6.09 Å². The van der Waals surface area contributed by atoms with Crippen LogP contribution in [0.3, 0.4) is 0 Å². The summed E-state index contributed by atoms with van der Waals surface area (Å²) in [5.74, 6) is 0.305. The molecule has 7 nitrogen and oxygen atoms in total. The van der Waals surface area contributed by atoms with Gasteiger partial charge in [0.2, 0.25) is 5.91 Å². The van der Waals surface area contributed by atoms with Gasteiger partial charge in [-0.25, -0.2) is 4.79 Å². The van der Waals surface area contributed by atoms with Crippen LogP contribution in [0.5, 0.6) is 0 Å². The molecule has 0 unspecified atom stereocenters. The van der Waals surface area contributed by atoms with Crippen LogP contribution in [-0.4, -0.2) is 102 Å². The second kappa shape index (κ2) is 36.6. The highest BCUT2D eigenvalue weighted by molar-refractivity contribution is 5.78. The van der Waals surface area contributed by atoms with Gasteiger partial charge in [0.25, 0.3) is 0 Å². The quantitative estimate of drug-likeness (QED) is 0.0640. The van der Waals surface area contributed by atoms with Crippen LogP contribution in [-0.2, 0) is 4.79 Å². The molecule has 0 saturated carbocycles. The molecular formula is C45H90N4O3. The Hall–Kier alpha value is -1.34. The summed E-state index contributed by atoms with van der Waals surface area (Å²) in [7, 11) is 0. The maximum absolute atomic E-state index is 14.0. The number of carboxylic acid groups (broad SMARTS) is 1. The number of rotatable bonds is 38. The number of amides is 2. The summed E-state index contributed by atoms with van der Waals surface area (Å²) in [6.45, 7) is 14.6. The average Bonchev–Trinajstić information content (AvgIpc) is 3.15. The predicted octanol–water partition coefficient (Wildman–Crippen LogP) is 12.2. The van der Waals surface area contributed by atoms with Crippen LogP contribution in [0.15, 0.2) is 0 Å². The van der Waals surface area contributed by atoms with Gasteiger partial charge in [0, 0.05) is 45.8 Å². The molecule has 0 aromatic heterocycles. The normalized spacial score (nSPS) is 13.7. The lowest BCUT2D eigenvalue weighted by atomic mass is 10.1. The summed E-state index contributed by atoms with van der Waals surface area (Å²) in [4.78, 5) is 33.9. The van der Waals surface area contributed by atoms with E-state index in [1.54, 1.807) is 0 Å². The molecular weight excluding hydrogens is 645 g/mol. The summed E-state index contributed by atoms with van der Waals surface area (Å²) in [5.41, 5.74) is 0. The molecule has 1 saturated heterocycles. The first-order valence-electron chi connectivity index (χ1n) is 23.2. The molecule has 1 heterocycles. The molecule has 52 heavy (non-hydrogen) atoms. The lowest BCUT2D eigenvalue weighted by molar-refractivity contribution is -0.132. The standard InChI is InChI=1S/C45H90N4O3/c1-4-7-10-13-16-19-22-25-28-31-34-47(35-32-29-26-23-20-17-14-11-8-5-2)43-44(50)48(36-33-30-27-24-21-18-15-12-9-6-3)40-37-46-38-41-49(42-39-46)45(51)52/h4-43H2,1-3H3,(H,51,52). The van der Waals surface area contributed by atoms with Gasteiger partial charge in [0.15, 0.2) is 0 Å². The van der Waals surface area contributed by atoms with Gasteiger partial charge in [0.1, 0.15) is 0 Å². The molecule has 1 rings (SSSR count). The molecule has 308 valence electrons. The third kappa shape index (κ3) is 29.1.